The van der Waals surface area contributed by atoms with Crippen LogP contribution in [0, 0.1) is 0 Å². The van der Waals surface area contributed by atoms with Gasteiger partial charge in [0.15, 0.2) is 5.16 Å². The lowest BCUT2D eigenvalue weighted by atomic mass is 9.98. The van der Waals surface area contributed by atoms with Crippen LogP contribution in [0.15, 0.2) is 5.16 Å². The predicted molar refractivity (Wildman–Crippen MR) is 78.1 cm³/mol. The smallest absolute Gasteiger partial charge is 0.313 e. The number of rotatable bonds is 5. The van der Waals surface area contributed by atoms with Crippen LogP contribution in [0.4, 0.5) is 0 Å². The molecule has 7 heteroatoms. The third kappa shape index (κ3) is 3.32. The van der Waals surface area contributed by atoms with E-state index in [1.165, 1.54) is 11.8 Å². The van der Waals surface area contributed by atoms with Gasteiger partial charge in [0.2, 0.25) is 0 Å². The van der Waals surface area contributed by atoms with Crippen molar-refractivity contribution >= 4 is 17.7 Å². The molecule has 1 aromatic heterocycles. The lowest BCUT2D eigenvalue weighted by Crippen LogP contribution is -2.39. The molecule has 0 radical (unpaired) electrons. The van der Waals surface area contributed by atoms with Crippen molar-refractivity contribution in [1.82, 2.24) is 19.7 Å². The monoisotopic (exact) mass is 298 g/mol. The number of carboxylic acid groups (broad SMARTS) is 1. The average molecular weight is 298 g/mol. The number of hydrogen-bond acceptors (Lipinski definition) is 5. The van der Waals surface area contributed by atoms with Crippen LogP contribution in [0.2, 0.25) is 0 Å². The molecule has 0 aliphatic carbocycles. The van der Waals surface area contributed by atoms with Gasteiger partial charge in [0.25, 0.3) is 0 Å². The minimum atomic E-state index is -0.820. The maximum atomic E-state index is 10.7. The number of piperidine rings is 1. The highest BCUT2D eigenvalue weighted by molar-refractivity contribution is 7.99. The van der Waals surface area contributed by atoms with Gasteiger partial charge in [0, 0.05) is 25.0 Å². The molecular weight excluding hydrogens is 276 g/mol. The molecule has 6 nitrogen and oxygen atoms in total. The summed E-state index contributed by atoms with van der Waals surface area (Å²) in [5.74, 6) is 0.170. The first-order valence-electron chi connectivity index (χ1n) is 7.01. The van der Waals surface area contributed by atoms with Crippen LogP contribution in [0.5, 0.6) is 0 Å². The second-order valence-electron chi connectivity index (χ2n) is 5.31. The lowest BCUT2D eigenvalue weighted by molar-refractivity contribution is -0.133. The fourth-order valence-corrected chi connectivity index (χ4v) is 3.38. The number of hydrogen-bond donors (Lipinski definition) is 1. The first kappa shape index (κ1) is 15.3. The number of nitrogens with zero attached hydrogens (tertiary/aromatic N) is 4. The van der Waals surface area contributed by atoms with Gasteiger partial charge in [-0.15, -0.1) is 10.2 Å². The molecule has 1 aliphatic rings. The Morgan fingerprint density at radius 3 is 2.85 bits per heavy atom. The molecule has 1 N–H and O–H groups in total. The Bertz CT molecular complexity index is 477. The molecule has 0 spiro atoms. The average Bonchev–Trinajstić information content (AvgIpc) is 2.82. The molecule has 112 valence electrons. The lowest BCUT2D eigenvalue weighted by Gasteiger charge is -2.36. The number of aryl methyl sites for hydroxylation is 1. The van der Waals surface area contributed by atoms with E-state index in [-0.39, 0.29) is 5.75 Å². The Labute approximate surface area is 123 Å². The second kappa shape index (κ2) is 6.58. The molecule has 1 aliphatic heterocycles. The molecule has 2 unspecified atom stereocenters. The van der Waals surface area contributed by atoms with Crippen molar-refractivity contribution in [1.29, 1.82) is 0 Å². The number of carboxylic acids is 1. The number of thioether (sulfide) groups is 1. The van der Waals surface area contributed by atoms with Gasteiger partial charge in [0.05, 0.1) is 5.75 Å². The number of likely N-dealkylation sites (tertiary alicyclic amines) is 1. The van der Waals surface area contributed by atoms with Gasteiger partial charge in [-0.25, -0.2) is 0 Å². The Balaban J connectivity index is 2.19. The van der Waals surface area contributed by atoms with Crippen molar-refractivity contribution in [2.75, 3.05) is 19.3 Å². The van der Waals surface area contributed by atoms with E-state index in [2.05, 4.69) is 40.6 Å². The SMILES string of the molecule is CCc1nnc(SCC(=O)O)n1C1CCN(C)C(C)C1. The first-order valence-corrected chi connectivity index (χ1v) is 8.00. The summed E-state index contributed by atoms with van der Waals surface area (Å²) in [5.41, 5.74) is 0. The standard InChI is InChI=1S/C13H22N4O2S/c1-4-11-14-15-13(20-8-12(18)19)17(11)10-5-6-16(3)9(2)7-10/h9-10H,4-8H2,1-3H3,(H,18,19). The van der Waals surface area contributed by atoms with Gasteiger partial charge in [-0.2, -0.15) is 0 Å². The molecule has 0 aromatic carbocycles. The third-order valence-electron chi connectivity index (χ3n) is 3.92. The van der Waals surface area contributed by atoms with Crippen molar-refractivity contribution in [2.24, 2.45) is 0 Å². The van der Waals surface area contributed by atoms with Crippen LogP contribution in [0.1, 0.15) is 38.6 Å². The van der Waals surface area contributed by atoms with Gasteiger partial charge in [-0.3, -0.25) is 4.79 Å². The molecular formula is C13H22N4O2S. The summed E-state index contributed by atoms with van der Waals surface area (Å²) in [6, 6.07) is 0.903. The van der Waals surface area contributed by atoms with E-state index < -0.39 is 5.97 Å². The highest BCUT2D eigenvalue weighted by Gasteiger charge is 2.27. The van der Waals surface area contributed by atoms with Gasteiger partial charge < -0.3 is 14.6 Å². The topological polar surface area (TPSA) is 71.2 Å². The Kier molecular flexibility index (Phi) is 5.04. The maximum absolute atomic E-state index is 10.7. The van der Waals surface area contributed by atoms with E-state index in [1.807, 2.05) is 0 Å². The van der Waals surface area contributed by atoms with E-state index >= 15 is 0 Å². The fourth-order valence-electron chi connectivity index (χ4n) is 2.64. The highest BCUT2D eigenvalue weighted by atomic mass is 32.2. The van der Waals surface area contributed by atoms with Crippen LogP contribution in [0.25, 0.3) is 0 Å². The van der Waals surface area contributed by atoms with Crippen molar-refractivity contribution in [3.8, 4) is 0 Å². The van der Waals surface area contributed by atoms with Gasteiger partial charge in [0.1, 0.15) is 5.82 Å². The zero-order chi connectivity index (χ0) is 14.7. The first-order chi connectivity index (χ1) is 9.52. The maximum Gasteiger partial charge on any atom is 0.313 e. The Morgan fingerprint density at radius 2 is 2.25 bits per heavy atom. The molecule has 1 saturated heterocycles. The summed E-state index contributed by atoms with van der Waals surface area (Å²) >= 11 is 1.26. The van der Waals surface area contributed by atoms with Crippen LogP contribution in [-0.2, 0) is 11.2 Å². The number of carbonyl (C=O) groups is 1. The van der Waals surface area contributed by atoms with Gasteiger partial charge >= 0.3 is 5.97 Å². The van der Waals surface area contributed by atoms with E-state index in [1.54, 1.807) is 0 Å². The molecule has 0 amide bonds. The van der Waals surface area contributed by atoms with Gasteiger partial charge in [-0.05, 0) is 26.8 Å². The quantitative estimate of drug-likeness (QED) is 0.834. The minimum absolute atomic E-state index is 0.0318. The van der Waals surface area contributed by atoms with Crippen molar-refractivity contribution in [3.63, 3.8) is 0 Å². The molecule has 1 aromatic rings. The van der Waals surface area contributed by atoms with Crippen LogP contribution < -0.4 is 0 Å². The van der Waals surface area contributed by atoms with E-state index in [0.29, 0.717) is 12.1 Å². The van der Waals surface area contributed by atoms with Crippen LogP contribution >= 0.6 is 11.8 Å². The minimum Gasteiger partial charge on any atom is -0.481 e. The highest BCUT2D eigenvalue weighted by Crippen LogP contribution is 2.31. The molecule has 2 atom stereocenters. The van der Waals surface area contributed by atoms with Crippen molar-refractivity contribution in [2.45, 2.75) is 50.4 Å². The Hall–Kier alpha value is -1.08. The van der Waals surface area contributed by atoms with Crippen molar-refractivity contribution < 1.29 is 9.90 Å². The second-order valence-corrected chi connectivity index (χ2v) is 6.26. The van der Waals surface area contributed by atoms with E-state index in [4.69, 9.17) is 5.11 Å². The van der Waals surface area contributed by atoms with E-state index in [0.717, 1.165) is 36.8 Å². The predicted octanol–water partition coefficient (Wildman–Crippen LogP) is 1.67. The summed E-state index contributed by atoms with van der Waals surface area (Å²) in [6.45, 7) is 5.34. The Morgan fingerprint density at radius 1 is 1.50 bits per heavy atom. The fraction of sp³-hybridized carbons (Fsp3) is 0.769. The zero-order valence-electron chi connectivity index (χ0n) is 12.2. The summed E-state index contributed by atoms with van der Waals surface area (Å²) in [6.07, 6.45) is 2.94. The third-order valence-corrected chi connectivity index (χ3v) is 4.85. The number of aliphatic carboxylic acids is 1. The van der Waals surface area contributed by atoms with Crippen molar-refractivity contribution in [3.05, 3.63) is 5.82 Å². The zero-order valence-corrected chi connectivity index (χ0v) is 13.1. The van der Waals surface area contributed by atoms with Crippen LogP contribution in [-0.4, -0.2) is 56.1 Å². The number of aromatic nitrogens is 3. The molecule has 1 fully saturated rings. The van der Waals surface area contributed by atoms with Crippen LogP contribution in [0.3, 0.4) is 0 Å². The van der Waals surface area contributed by atoms with Gasteiger partial charge in [-0.1, -0.05) is 18.7 Å². The normalized spacial score (nSPS) is 23.9. The van der Waals surface area contributed by atoms with E-state index in [9.17, 15) is 4.79 Å². The summed E-state index contributed by atoms with van der Waals surface area (Å²) in [5, 5.41) is 18.0. The summed E-state index contributed by atoms with van der Waals surface area (Å²) in [4.78, 5) is 13.1. The largest absolute Gasteiger partial charge is 0.481 e. The summed E-state index contributed by atoms with van der Waals surface area (Å²) in [7, 11) is 2.15. The molecule has 0 saturated carbocycles. The molecule has 20 heavy (non-hydrogen) atoms. The summed E-state index contributed by atoms with van der Waals surface area (Å²) < 4.78 is 2.16. The molecule has 0 bridgehead atoms. The molecule has 2 rings (SSSR count). The molecule has 2 heterocycles.